The van der Waals surface area contributed by atoms with Crippen molar-refractivity contribution in [1.82, 2.24) is 4.57 Å². The molecule has 0 saturated carbocycles. The lowest BCUT2D eigenvalue weighted by Crippen LogP contribution is -2.23. The molecule has 0 atom stereocenters. The molecule has 12 rings (SSSR count). The van der Waals surface area contributed by atoms with Crippen LogP contribution in [0.1, 0.15) is 37.8 Å². The van der Waals surface area contributed by atoms with Gasteiger partial charge in [0.25, 0.3) is 0 Å². The Morgan fingerprint density at radius 1 is 0.328 bits per heavy atom. The molecular formula is C65H50N2. The smallest absolute Gasteiger partial charge is 0.0541 e. The van der Waals surface area contributed by atoms with Gasteiger partial charge < -0.3 is 9.47 Å². The number of aromatic nitrogens is 1. The summed E-state index contributed by atoms with van der Waals surface area (Å²) < 4.78 is 2.46. The Kier molecular flexibility index (Phi) is 10.0. The van der Waals surface area contributed by atoms with E-state index in [9.17, 15) is 0 Å². The molecule has 0 unspecified atom stereocenters. The fraction of sp³-hybridized carbons (Fsp3) is 0.0769. The van der Waals surface area contributed by atoms with E-state index >= 15 is 0 Å². The summed E-state index contributed by atoms with van der Waals surface area (Å²) in [4.78, 5) is 2.46. The van der Waals surface area contributed by atoms with Crippen LogP contribution < -0.4 is 4.90 Å². The normalized spacial score (nSPS) is 12.6. The zero-order valence-electron chi connectivity index (χ0n) is 37.9. The van der Waals surface area contributed by atoms with Crippen molar-refractivity contribution in [2.24, 2.45) is 0 Å². The zero-order valence-corrected chi connectivity index (χ0v) is 37.9. The molecule has 1 heterocycles. The summed E-state index contributed by atoms with van der Waals surface area (Å²) in [5.74, 6) is 0. The number of nitrogens with zero attached hydrogens (tertiary/aromatic N) is 2. The molecule has 67 heavy (non-hydrogen) atoms. The Hall–Kier alpha value is -8.20. The molecule has 1 aliphatic carbocycles. The molecule has 0 radical (unpaired) electrons. The van der Waals surface area contributed by atoms with Gasteiger partial charge in [-0.3, -0.25) is 0 Å². The summed E-state index contributed by atoms with van der Waals surface area (Å²) in [7, 11) is 0. The highest BCUT2D eigenvalue weighted by Crippen LogP contribution is 2.55. The van der Waals surface area contributed by atoms with Gasteiger partial charge in [0.1, 0.15) is 0 Å². The van der Waals surface area contributed by atoms with Gasteiger partial charge in [-0.15, -0.1) is 0 Å². The van der Waals surface area contributed by atoms with E-state index in [0.29, 0.717) is 0 Å². The first-order valence-corrected chi connectivity index (χ1v) is 23.7. The zero-order chi connectivity index (χ0) is 44.9. The minimum Gasteiger partial charge on any atom is -0.310 e. The maximum absolute atomic E-state index is 2.50. The fourth-order valence-corrected chi connectivity index (χ4v) is 11.1. The predicted molar refractivity (Wildman–Crippen MR) is 284 cm³/mol. The van der Waals surface area contributed by atoms with Crippen LogP contribution in [0.2, 0.25) is 0 Å². The number of para-hydroxylation sites is 2. The second-order valence-electron chi connectivity index (χ2n) is 17.9. The predicted octanol–water partition coefficient (Wildman–Crippen LogP) is 18.0. The molecule has 0 spiro atoms. The summed E-state index contributed by atoms with van der Waals surface area (Å²) in [6.45, 7) is 4.75. The number of hydrogen-bond donors (Lipinski definition) is 0. The van der Waals surface area contributed by atoms with Crippen LogP contribution in [0.3, 0.4) is 0 Å². The van der Waals surface area contributed by atoms with Gasteiger partial charge in [0, 0.05) is 38.9 Å². The Balaban J connectivity index is 0.983. The molecule has 0 saturated heterocycles. The Labute approximate surface area is 393 Å². The number of anilines is 3. The maximum Gasteiger partial charge on any atom is 0.0541 e. The van der Waals surface area contributed by atoms with Crippen LogP contribution in [0.4, 0.5) is 17.1 Å². The average Bonchev–Trinajstić information content (AvgIpc) is 3.89. The van der Waals surface area contributed by atoms with Gasteiger partial charge in [0.05, 0.1) is 11.0 Å². The van der Waals surface area contributed by atoms with E-state index in [1.807, 2.05) is 0 Å². The third-order valence-electron chi connectivity index (χ3n) is 14.5. The SMILES string of the molecule is CCC1(CC)c2cc(N(c3ccc(-c4cccc(-c5ccccc5)c4)cc3)c3cccc(-c4cccc(-c5ccccc5)c4)c3)ccc2-c2ccc(-n3c4ccccc4c4ccccc43)cc21. The third-order valence-corrected chi connectivity index (χ3v) is 14.5. The van der Waals surface area contributed by atoms with Crippen molar-refractivity contribution in [2.75, 3.05) is 4.90 Å². The summed E-state index contributed by atoms with van der Waals surface area (Å²) in [5.41, 5.74) is 22.0. The van der Waals surface area contributed by atoms with Crippen LogP contribution in [0.15, 0.2) is 243 Å². The van der Waals surface area contributed by atoms with E-state index in [4.69, 9.17) is 0 Å². The third kappa shape index (κ3) is 6.87. The van der Waals surface area contributed by atoms with Gasteiger partial charge in [-0.05, 0) is 152 Å². The highest BCUT2D eigenvalue weighted by atomic mass is 15.1. The molecular weight excluding hydrogens is 809 g/mol. The molecule has 2 nitrogen and oxygen atoms in total. The van der Waals surface area contributed by atoms with Gasteiger partial charge in [0.15, 0.2) is 0 Å². The molecule has 320 valence electrons. The molecule has 1 aromatic heterocycles. The van der Waals surface area contributed by atoms with Crippen molar-refractivity contribution in [3.05, 3.63) is 254 Å². The summed E-state index contributed by atoms with van der Waals surface area (Å²) >= 11 is 0. The van der Waals surface area contributed by atoms with Crippen molar-refractivity contribution < 1.29 is 0 Å². The fourth-order valence-electron chi connectivity index (χ4n) is 11.1. The van der Waals surface area contributed by atoms with Crippen LogP contribution in [-0.4, -0.2) is 4.57 Å². The van der Waals surface area contributed by atoms with E-state index in [-0.39, 0.29) is 5.41 Å². The molecule has 1 aliphatic rings. The lowest BCUT2D eigenvalue weighted by atomic mass is 9.73. The van der Waals surface area contributed by atoms with Crippen molar-refractivity contribution in [3.8, 4) is 61.3 Å². The van der Waals surface area contributed by atoms with Gasteiger partial charge >= 0.3 is 0 Å². The number of hydrogen-bond acceptors (Lipinski definition) is 1. The minimum atomic E-state index is -0.158. The first-order chi connectivity index (χ1) is 33.1. The number of fused-ring (bicyclic) bond motifs is 6. The maximum atomic E-state index is 2.50. The second kappa shape index (κ2) is 16.7. The highest BCUT2D eigenvalue weighted by Gasteiger charge is 2.41. The molecule has 0 fully saturated rings. The first-order valence-electron chi connectivity index (χ1n) is 23.7. The number of rotatable bonds is 10. The van der Waals surface area contributed by atoms with Gasteiger partial charge in [-0.1, -0.05) is 184 Å². The van der Waals surface area contributed by atoms with E-state index in [1.165, 1.54) is 94.3 Å². The molecule has 11 aromatic rings. The van der Waals surface area contributed by atoms with E-state index in [2.05, 4.69) is 266 Å². The highest BCUT2D eigenvalue weighted by molar-refractivity contribution is 6.09. The lowest BCUT2D eigenvalue weighted by Gasteiger charge is -2.32. The lowest BCUT2D eigenvalue weighted by molar-refractivity contribution is 0.490. The molecule has 0 amide bonds. The van der Waals surface area contributed by atoms with Crippen molar-refractivity contribution in [1.29, 1.82) is 0 Å². The van der Waals surface area contributed by atoms with Gasteiger partial charge in [0.2, 0.25) is 0 Å². The van der Waals surface area contributed by atoms with E-state index in [1.54, 1.807) is 0 Å². The molecule has 0 N–H and O–H groups in total. The Morgan fingerprint density at radius 3 is 1.31 bits per heavy atom. The standard InChI is InChI=1S/C65H50N2/c1-3-65(4-2)61-43-55(36-38-57(61)58-39-37-56(44-62(58)65)67-63-30-13-11-28-59(63)60-29-12-14-31-64(60)67)66(53-34-32-47(33-35-53)50-24-15-22-48(40-50)45-18-7-5-8-19-45)54-27-17-26-52(42-54)51-25-16-23-49(41-51)46-20-9-6-10-21-46/h5-44H,3-4H2,1-2H3. The van der Waals surface area contributed by atoms with Gasteiger partial charge in [-0.2, -0.15) is 0 Å². The second-order valence-corrected chi connectivity index (χ2v) is 17.9. The van der Waals surface area contributed by atoms with Crippen molar-refractivity contribution >= 4 is 38.9 Å². The molecule has 10 aromatic carbocycles. The van der Waals surface area contributed by atoms with Crippen LogP contribution >= 0.6 is 0 Å². The molecule has 2 heteroatoms. The van der Waals surface area contributed by atoms with Crippen LogP contribution in [0.5, 0.6) is 0 Å². The average molecular weight is 859 g/mol. The summed E-state index contributed by atoms with van der Waals surface area (Å²) in [6, 6.07) is 89.4. The van der Waals surface area contributed by atoms with E-state index in [0.717, 1.165) is 29.9 Å². The molecule has 0 aliphatic heterocycles. The Bertz CT molecular complexity index is 3540. The summed E-state index contributed by atoms with van der Waals surface area (Å²) in [6.07, 6.45) is 1.99. The topological polar surface area (TPSA) is 8.17 Å². The quantitative estimate of drug-likeness (QED) is 0.133. The first kappa shape index (κ1) is 40.3. The monoisotopic (exact) mass is 858 g/mol. The minimum absolute atomic E-state index is 0.158. The van der Waals surface area contributed by atoms with Gasteiger partial charge in [-0.25, -0.2) is 0 Å². The largest absolute Gasteiger partial charge is 0.310 e. The van der Waals surface area contributed by atoms with Crippen LogP contribution in [0, 0.1) is 0 Å². The van der Waals surface area contributed by atoms with Crippen LogP contribution in [-0.2, 0) is 5.41 Å². The van der Waals surface area contributed by atoms with E-state index < -0.39 is 0 Å². The molecule has 0 bridgehead atoms. The number of benzene rings is 10. The van der Waals surface area contributed by atoms with Crippen LogP contribution in [0.25, 0.3) is 83.1 Å². The van der Waals surface area contributed by atoms with Crippen molar-refractivity contribution in [2.45, 2.75) is 32.1 Å². The Morgan fingerprint density at radius 2 is 0.746 bits per heavy atom. The summed E-state index contributed by atoms with van der Waals surface area (Å²) in [5, 5.41) is 2.57. The van der Waals surface area contributed by atoms with Crippen molar-refractivity contribution in [3.63, 3.8) is 0 Å².